The highest BCUT2D eigenvalue weighted by molar-refractivity contribution is 5.81. The molecule has 0 aromatic heterocycles. The molecule has 1 aromatic carbocycles. The quantitative estimate of drug-likeness (QED) is 0.360. The van der Waals surface area contributed by atoms with Crippen molar-refractivity contribution in [3.63, 3.8) is 0 Å². The number of ether oxygens (including phenoxy) is 4. The topological polar surface area (TPSA) is 112 Å². The van der Waals surface area contributed by atoms with Crippen molar-refractivity contribution >= 4 is 11.9 Å². The molecule has 1 rings (SSSR count). The molecule has 1 aromatic rings. The lowest BCUT2D eigenvalue weighted by atomic mass is 10.2. The van der Waals surface area contributed by atoms with Crippen molar-refractivity contribution in [3.8, 4) is 11.5 Å². The fourth-order valence-corrected chi connectivity index (χ4v) is 1.92. The maximum atomic E-state index is 10.9. The van der Waals surface area contributed by atoms with Gasteiger partial charge in [-0.15, -0.1) is 0 Å². The van der Waals surface area contributed by atoms with Gasteiger partial charge >= 0.3 is 11.9 Å². The van der Waals surface area contributed by atoms with E-state index in [0.717, 1.165) is 12.2 Å². The number of aliphatic hydroxyl groups excluding tert-OH is 2. The number of rotatable bonds is 14. The number of carbonyl (C=O) groups excluding carboxylic acids is 2. The van der Waals surface area contributed by atoms with Crippen LogP contribution in [0.25, 0.3) is 0 Å². The molecular weight excluding hydrogens is 368 g/mol. The third-order valence-corrected chi connectivity index (χ3v) is 3.41. The zero-order chi connectivity index (χ0) is 20.8. The van der Waals surface area contributed by atoms with E-state index < -0.39 is 24.1 Å². The summed E-state index contributed by atoms with van der Waals surface area (Å²) in [6, 6.07) is 6.89. The molecule has 0 saturated heterocycles. The average Bonchev–Trinajstić information content (AvgIpc) is 2.70. The summed E-state index contributed by atoms with van der Waals surface area (Å²) in [5.41, 5.74) is 0. The van der Waals surface area contributed by atoms with E-state index in [1.165, 1.54) is 0 Å². The highest BCUT2D eigenvalue weighted by Gasteiger charge is 2.09. The first-order chi connectivity index (χ1) is 13.4. The summed E-state index contributed by atoms with van der Waals surface area (Å²) >= 11 is 0. The Labute approximate surface area is 164 Å². The third-order valence-electron chi connectivity index (χ3n) is 3.41. The van der Waals surface area contributed by atoms with Gasteiger partial charge in [0.15, 0.2) is 0 Å². The molecule has 154 valence electrons. The first-order valence-electron chi connectivity index (χ1n) is 8.74. The molecule has 8 heteroatoms. The largest absolute Gasteiger partial charge is 0.493 e. The minimum absolute atomic E-state index is 0.123. The van der Waals surface area contributed by atoms with Crippen LogP contribution >= 0.6 is 0 Å². The maximum absolute atomic E-state index is 10.9. The maximum Gasteiger partial charge on any atom is 0.330 e. The molecule has 0 aliphatic rings. The van der Waals surface area contributed by atoms with Gasteiger partial charge in [-0.1, -0.05) is 19.2 Å². The minimum Gasteiger partial charge on any atom is -0.493 e. The SMILES string of the molecule is C=CC(=O)OCC(O)CCOc1cccc(OCCC(O)COC(=O)C=C)c1. The molecular formula is C20H26O8. The summed E-state index contributed by atoms with van der Waals surface area (Å²) in [6.45, 7) is 6.74. The Kier molecular flexibility index (Phi) is 11.1. The Balaban J connectivity index is 2.28. The van der Waals surface area contributed by atoms with Crippen LogP contribution in [0.3, 0.4) is 0 Å². The van der Waals surface area contributed by atoms with Crippen LogP contribution in [0, 0.1) is 0 Å². The summed E-state index contributed by atoms with van der Waals surface area (Å²) in [6.07, 6.45) is 0.958. The number of hydrogen-bond donors (Lipinski definition) is 2. The molecule has 8 nitrogen and oxygen atoms in total. The van der Waals surface area contributed by atoms with Crippen molar-refractivity contribution in [2.75, 3.05) is 26.4 Å². The van der Waals surface area contributed by atoms with Gasteiger partial charge in [-0.3, -0.25) is 0 Å². The molecule has 2 atom stereocenters. The molecule has 0 aliphatic heterocycles. The summed E-state index contributed by atoms with van der Waals surface area (Å²) in [4.78, 5) is 21.8. The van der Waals surface area contributed by atoms with Crippen molar-refractivity contribution in [2.45, 2.75) is 25.0 Å². The van der Waals surface area contributed by atoms with Crippen LogP contribution in [0.2, 0.25) is 0 Å². The molecule has 0 aliphatic carbocycles. The van der Waals surface area contributed by atoms with E-state index in [4.69, 9.17) is 18.9 Å². The van der Waals surface area contributed by atoms with Gasteiger partial charge in [0.25, 0.3) is 0 Å². The molecule has 0 spiro atoms. The van der Waals surface area contributed by atoms with Crippen LogP contribution in [0.15, 0.2) is 49.6 Å². The Morgan fingerprint density at radius 3 is 1.71 bits per heavy atom. The van der Waals surface area contributed by atoms with E-state index in [2.05, 4.69) is 13.2 Å². The van der Waals surface area contributed by atoms with Crippen molar-refractivity contribution in [3.05, 3.63) is 49.6 Å². The molecule has 28 heavy (non-hydrogen) atoms. The molecule has 0 saturated carbocycles. The van der Waals surface area contributed by atoms with E-state index in [-0.39, 0.29) is 39.3 Å². The van der Waals surface area contributed by atoms with Gasteiger partial charge in [0.2, 0.25) is 0 Å². The number of benzene rings is 1. The first kappa shape index (κ1) is 23.2. The highest BCUT2D eigenvalue weighted by atomic mass is 16.5. The minimum atomic E-state index is -0.833. The standard InChI is InChI=1S/C20H26O8/c1-3-19(23)27-13-15(21)8-10-25-17-6-5-7-18(12-17)26-11-9-16(22)14-28-20(24)4-2/h3-7,12,15-16,21-22H,1-2,8-11,13-14H2. The van der Waals surface area contributed by atoms with Crippen LogP contribution < -0.4 is 9.47 Å². The Morgan fingerprint density at radius 1 is 0.893 bits per heavy atom. The van der Waals surface area contributed by atoms with Gasteiger partial charge in [-0.2, -0.15) is 0 Å². The van der Waals surface area contributed by atoms with E-state index >= 15 is 0 Å². The second-order valence-corrected chi connectivity index (χ2v) is 5.73. The zero-order valence-electron chi connectivity index (χ0n) is 15.6. The molecule has 2 N–H and O–H groups in total. The van der Waals surface area contributed by atoms with Crippen molar-refractivity contribution in [1.29, 1.82) is 0 Å². The van der Waals surface area contributed by atoms with Gasteiger partial charge in [-0.25, -0.2) is 9.59 Å². The Hall–Kier alpha value is -2.84. The summed E-state index contributed by atoms with van der Waals surface area (Å²) in [5, 5.41) is 19.4. The first-order valence-corrected chi connectivity index (χ1v) is 8.74. The molecule has 0 heterocycles. The fraction of sp³-hybridized carbons (Fsp3) is 0.400. The summed E-state index contributed by atoms with van der Waals surface area (Å²) in [7, 11) is 0. The predicted octanol–water partition coefficient (Wildman–Crippen LogP) is 1.40. The monoisotopic (exact) mass is 394 g/mol. The van der Waals surface area contributed by atoms with Gasteiger partial charge in [0.05, 0.1) is 25.4 Å². The van der Waals surface area contributed by atoms with Crippen LogP contribution in [0.4, 0.5) is 0 Å². The lowest BCUT2D eigenvalue weighted by molar-refractivity contribution is -0.141. The zero-order valence-corrected chi connectivity index (χ0v) is 15.6. The molecule has 0 fully saturated rings. The van der Waals surface area contributed by atoms with Crippen LogP contribution in [0.1, 0.15) is 12.8 Å². The van der Waals surface area contributed by atoms with E-state index in [0.29, 0.717) is 11.5 Å². The average molecular weight is 394 g/mol. The molecule has 2 unspecified atom stereocenters. The lowest BCUT2D eigenvalue weighted by Crippen LogP contribution is -2.20. The van der Waals surface area contributed by atoms with Crippen LogP contribution in [0.5, 0.6) is 11.5 Å². The molecule has 0 bridgehead atoms. The molecule has 0 radical (unpaired) electrons. The van der Waals surface area contributed by atoms with Gasteiger partial charge in [-0.05, 0) is 12.1 Å². The second kappa shape index (κ2) is 13.3. The van der Waals surface area contributed by atoms with Crippen molar-refractivity contribution in [1.82, 2.24) is 0 Å². The van der Waals surface area contributed by atoms with E-state index in [1.807, 2.05) is 0 Å². The summed E-state index contributed by atoms with van der Waals surface area (Å²) in [5.74, 6) is -0.0795. The van der Waals surface area contributed by atoms with E-state index in [1.54, 1.807) is 24.3 Å². The number of hydrogen-bond acceptors (Lipinski definition) is 8. The van der Waals surface area contributed by atoms with Crippen LogP contribution in [-0.4, -0.2) is 60.8 Å². The predicted molar refractivity (Wildman–Crippen MR) is 101 cm³/mol. The van der Waals surface area contributed by atoms with Crippen LogP contribution in [-0.2, 0) is 19.1 Å². The normalized spacial score (nSPS) is 12.4. The van der Waals surface area contributed by atoms with Crippen molar-refractivity contribution < 1.29 is 38.7 Å². The Bertz CT molecular complexity index is 592. The number of aliphatic hydroxyl groups is 2. The van der Waals surface area contributed by atoms with Gasteiger partial charge < -0.3 is 29.2 Å². The fourth-order valence-electron chi connectivity index (χ4n) is 1.92. The highest BCUT2D eigenvalue weighted by Crippen LogP contribution is 2.20. The number of carbonyl (C=O) groups is 2. The Morgan fingerprint density at radius 2 is 1.32 bits per heavy atom. The molecule has 0 amide bonds. The smallest absolute Gasteiger partial charge is 0.330 e. The van der Waals surface area contributed by atoms with Gasteiger partial charge in [0.1, 0.15) is 24.7 Å². The number of esters is 2. The van der Waals surface area contributed by atoms with Gasteiger partial charge in [0, 0.05) is 31.1 Å². The third kappa shape index (κ3) is 10.3. The van der Waals surface area contributed by atoms with Crippen molar-refractivity contribution in [2.24, 2.45) is 0 Å². The van der Waals surface area contributed by atoms with E-state index in [9.17, 15) is 19.8 Å². The lowest BCUT2D eigenvalue weighted by Gasteiger charge is -2.13. The second-order valence-electron chi connectivity index (χ2n) is 5.73. The summed E-state index contributed by atoms with van der Waals surface area (Å²) < 4.78 is 20.6.